The van der Waals surface area contributed by atoms with E-state index in [-0.39, 0.29) is 29.7 Å². The normalized spacial score (nSPS) is 24.2. The van der Waals surface area contributed by atoms with Crippen LogP contribution in [0, 0.1) is 16.0 Å². The van der Waals surface area contributed by atoms with Gasteiger partial charge in [-0.25, -0.2) is 9.78 Å². The van der Waals surface area contributed by atoms with E-state index in [4.69, 9.17) is 4.74 Å². The summed E-state index contributed by atoms with van der Waals surface area (Å²) in [6.45, 7) is 5.04. The summed E-state index contributed by atoms with van der Waals surface area (Å²) < 4.78 is 5.47. The zero-order valence-corrected chi connectivity index (χ0v) is 18.2. The number of amides is 1. The molecule has 9 heteroatoms. The first-order valence-electron chi connectivity index (χ1n) is 11.0. The molecule has 2 aliphatic heterocycles. The standard InChI is InChI=1S/C23H29N5O4/c1-18-15-22(27(16-20(18)28(30)31)21-9-5-6-10-24-21)25-11-13-26(14-12-25)23(29)32-17-19-7-3-2-4-8-19/h2-10,18,20,22H,11-17H2,1H3. The number of nitro groups is 1. The van der Waals surface area contributed by atoms with Crippen LogP contribution in [0.3, 0.4) is 0 Å². The van der Waals surface area contributed by atoms with Crippen LogP contribution in [-0.4, -0.2) is 70.7 Å². The fourth-order valence-electron chi connectivity index (χ4n) is 4.52. The van der Waals surface area contributed by atoms with Gasteiger partial charge in [0, 0.05) is 43.2 Å². The molecule has 2 aromatic rings. The summed E-state index contributed by atoms with van der Waals surface area (Å²) in [7, 11) is 0. The van der Waals surface area contributed by atoms with E-state index in [1.807, 2.05) is 55.5 Å². The maximum absolute atomic E-state index is 12.5. The van der Waals surface area contributed by atoms with E-state index in [9.17, 15) is 14.9 Å². The van der Waals surface area contributed by atoms with Crippen molar-refractivity contribution in [2.75, 3.05) is 37.6 Å². The number of hydrogen-bond donors (Lipinski definition) is 0. The summed E-state index contributed by atoms with van der Waals surface area (Å²) in [5.41, 5.74) is 0.960. The number of aromatic nitrogens is 1. The van der Waals surface area contributed by atoms with Crippen molar-refractivity contribution < 1.29 is 14.5 Å². The molecular formula is C23H29N5O4. The number of pyridine rings is 1. The molecule has 0 radical (unpaired) electrons. The van der Waals surface area contributed by atoms with Gasteiger partial charge in [-0.05, 0) is 24.1 Å². The summed E-state index contributed by atoms with van der Waals surface area (Å²) in [6, 6.07) is 14.7. The van der Waals surface area contributed by atoms with E-state index in [0.29, 0.717) is 39.1 Å². The Hall–Kier alpha value is -3.20. The Morgan fingerprint density at radius 2 is 1.84 bits per heavy atom. The van der Waals surface area contributed by atoms with Gasteiger partial charge in [0.2, 0.25) is 6.04 Å². The van der Waals surface area contributed by atoms with Gasteiger partial charge in [-0.1, -0.05) is 43.3 Å². The third-order valence-corrected chi connectivity index (χ3v) is 6.40. The summed E-state index contributed by atoms with van der Waals surface area (Å²) >= 11 is 0. The molecule has 9 nitrogen and oxygen atoms in total. The minimum Gasteiger partial charge on any atom is -0.445 e. The van der Waals surface area contributed by atoms with Crippen LogP contribution in [-0.2, 0) is 11.3 Å². The molecule has 0 N–H and O–H groups in total. The van der Waals surface area contributed by atoms with Gasteiger partial charge in [-0.2, -0.15) is 0 Å². The van der Waals surface area contributed by atoms with Gasteiger partial charge in [0.15, 0.2) is 0 Å². The van der Waals surface area contributed by atoms with Crippen molar-refractivity contribution in [3.8, 4) is 0 Å². The molecule has 0 saturated carbocycles. The van der Waals surface area contributed by atoms with Crippen molar-refractivity contribution in [3.05, 3.63) is 70.4 Å². The van der Waals surface area contributed by atoms with Crippen molar-refractivity contribution in [2.24, 2.45) is 5.92 Å². The highest BCUT2D eigenvalue weighted by molar-refractivity contribution is 5.67. The Balaban J connectivity index is 1.38. The quantitative estimate of drug-likeness (QED) is 0.522. The number of ether oxygens (including phenoxy) is 1. The first-order chi connectivity index (χ1) is 15.5. The second-order valence-corrected chi connectivity index (χ2v) is 8.45. The molecule has 1 aromatic heterocycles. The molecule has 3 heterocycles. The van der Waals surface area contributed by atoms with Crippen molar-refractivity contribution >= 4 is 11.9 Å². The van der Waals surface area contributed by atoms with Gasteiger partial charge in [0.05, 0.1) is 12.7 Å². The summed E-state index contributed by atoms with van der Waals surface area (Å²) in [5.74, 6) is 0.713. The van der Waals surface area contributed by atoms with Gasteiger partial charge in [0.1, 0.15) is 12.4 Å². The number of benzene rings is 1. The van der Waals surface area contributed by atoms with Gasteiger partial charge >= 0.3 is 6.09 Å². The lowest BCUT2D eigenvalue weighted by molar-refractivity contribution is -0.531. The Kier molecular flexibility index (Phi) is 6.84. The minimum atomic E-state index is -0.623. The molecule has 170 valence electrons. The van der Waals surface area contributed by atoms with Crippen molar-refractivity contribution in [1.82, 2.24) is 14.8 Å². The number of carbonyl (C=O) groups excluding carboxylic acids is 1. The number of rotatable bonds is 5. The van der Waals surface area contributed by atoms with Crippen molar-refractivity contribution in [1.29, 1.82) is 0 Å². The zero-order valence-electron chi connectivity index (χ0n) is 18.2. The molecule has 4 rings (SSSR count). The van der Waals surface area contributed by atoms with Crippen LogP contribution in [0.5, 0.6) is 0 Å². The average molecular weight is 440 g/mol. The van der Waals surface area contributed by atoms with Crippen LogP contribution in [0.25, 0.3) is 0 Å². The molecule has 0 aliphatic carbocycles. The highest BCUT2D eigenvalue weighted by Crippen LogP contribution is 2.30. The van der Waals surface area contributed by atoms with Crippen LogP contribution < -0.4 is 4.90 Å². The average Bonchev–Trinajstić information content (AvgIpc) is 2.83. The lowest BCUT2D eigenvalue weighted by Gasteiger charge is -2.48. The van der Waals surface area contributed by atoms with Crippen molar-refractivity contribution in [3.63, 3.8) is 0 Å². The SMILES string of the molecule is CC1CC(N2CCN(C(=O)OCc3ccccc3)CC2)N(c2ccccn2)CC1[N+](=O)[O-]. The lowest BCUT2D eigenvalue weighted by Crippen LogP contribution is -2.62. The Bertz CT molecular complexity index is 905. The van der Waals surface area contributed by atoms with E-state index >= 15 is 0 Å². The zero-order chi connectivity index (χ0) is 22.5. The molecule has 32 heavy (non-hydrogen) atoms. The molecule has 2 aliphatic rings. The summed E-state index contributed by atoms with van der Waals surface area (Å²) in [6.07, 6.45) is 2.10. The van der Waals surface area contributed by atoms with Crippen LogP contribution in [0.2, 0.25) is 0 Å². The van der Waals surface area contributed by atoms with Crippen LogP contribution >= 0.6 is 0 Å². The number of nitrogens with zero attached hydrogens (tertiary/aromatic N) is 5. The highest BCUT2D eigenvalue weighted by atomic mass is 16.6. The molecule has 0 bridgehead atoms. The Labute approximate surface area is 187 Å². The molecule has 1 aromatic carbocycles. The molecule has 2 saturated heterocycles. The monoisotopic (exact) mass is 439 g/mol. The molecular weight excluding hydrogens is 410 g/mol. The minimum absolute atomic E-state index is 0.0126. The second kappa shape index (κ2) is 9.95. The molecule has 3 unspecified atom stereocenters. The van der Waals surface area contributed by atoms with Gasteiger partial charge in [0.25, 0.3) is 0 Å². The predicted molar refractivity (Wildman–Crippen MR) is 120 cm³/mol. The molecule has 2 fully saturated rings. The Morgan fingerprint density at radius 1 is 1.12 bits per heavy atom. The number of piperazine rings is 1. The van der Waals surface area contributed by atoms with Gasteiger partial charge in [-0.15, -0.1) is 0 Å². The lowest BCUT2D eigenvalue weighted by atomic mass is 9.90. The topological polar surface area (TPSA) is 92.1 Å². The number of hydrogen-bond acceptors (Lipinski definition) is 7. The predicted octanol–water partition coefficient (Wildman–Crippen LogP) is 2.85. The smallest absolute Gasteiger partial charge is 0.410 e. The molecule has 3 atom stereocenters. The first kappa shape index (κ1) is 22.0. The van der Waals surface area contributed by atoms with E-state index in [0.717, 1.165) is 11.4 Å². The third kappa shape index (κ3) is 4.99. The maximum Gasteiger partial charge on any atom is 0.410 e. The van der Waals surface area contributed by atoms with E-state index in [1.165, 1.54) is 0 Å². The Morgan fingerprint density at radius 3 is 2.50 bits per heavy atom. The van der Waals surface area contributed by atoms with Gasteiger partial charge < -0.3 is 14.5 Å². The molecule has 0 spiro atoms. The number of anilines is 1. The van der Waals surface area contributed by atoms with E-state index < -0.39 is 6.04 Å². The third-order valence-electron chi connectivity index (χ3n) is 6.40. The fraction of sp³-hybridized carbons (Fsp3) is 0.478. The molecule has 1 amide bonds. The largest absolute Gasteiger partial charge is 0.445 e. The van der Waals surface area contributed by atoms with Crippen LogP contribution in [0.4, 0.5) is 10.6 Å². The fourth-order valence-corrected chi connectivity index (χ4v) is 4.52. The number of piperidine rings is 1. The van der Waals surface area contributed by atoms with E-state index in [2.05, 4.69) is 14.8 Å². The van der Waals surface area contributed by atoms with Crippen LogP contribution in [0.1, 0.15) is 18.9 Å². The van der Waals surface area contributed by atoms with Crippen LogP contribution in [0.15, 0.2) is 54.7 Å². The second-order valence-electron chi connectivity index (χ2n) is 8.45. The van der Waals surface area contributed by atoms with Gasteiger partial charge in [-0.3, -0.25) is 15.0 Å². The summed E-state index contributed by atoms with van der Waals surface area (Å²) in [4.78, 5) is 34.5. The van der Waals surface area contributed by atoms with E-state index in [1.54, 1.807) is 11.1 Å². The van der Waals surface area contributed by atoms with Crippen molar-refractivity contribution in [2.45, 2.75) is 32.2 Å². The summed E-state index contributed by atoms with van der Waals surface area (Å²) in [5, 5.41) is 11.6. The first-order valence-corrected chi connectivity index (χ1v) is 11.0. The maximum atomic E-state index is 12.5. The number of carbonyl (C=O) groups is 1. The highest BCUT2D eigenvalue weighted by Gasteiger charge is 2.43.